The molecule has 0 bridgehead atoms. The van der Waals surface area contributed by atoms with Crippen LogP contribution in [0.5, 0.6) is 11.5 Å². The lowest BCUT2D eigenvalue weighted by Gasteiger charge is -2.23. The number of halogens is 1. The number of methoxy groups -OCH3 is 1. The van der Waals surface area contributed by atoms with E-state index in [0.717, 1.165) is 12.8 Å². The van der Waals surface area contributed by atoms with Gasteiger partial charge in [0.25, 0.3) is 5.91 Å². The summed E-state index contributed by atoms with van der Waals surface area (Å²) in [6, 6.07) is 3.57. The van der Waals surface area contributed by atoms with E-state index in [2.05, 4.69) is 5.32 Å². The number of ether oxygens (including phenoxy) is 2. The summed E-state index contributed by atoms with van der Waals surface area (Å²) < 4.78 is 10.7. The van der Waals surface area contributed by atoms with Gasteiger partial charge in [-0.15, -0.1) is 0 Å². The number of carbonyl (C=O) groups excluding carboxylic acids is 1. The molecule has 21 heavy (non-hydrogen) atoms. The summed E-state index contributed by atoms with van der Waals surface area (Å²) in [5.74, 6) is 0.860. The maximum atomic E-state index is 12.3. The molecule has 1 aromatic carbocycles. The van der Waals surface area contributed by atoms with Crippen molar-refractivity contribution in [1.82, 2.24) is 5.32 Å². The van der Waals surface area contributed by atoms with E-state index in [0.29, 0.717) is 28.7 Å². The predicted octanol–water partition coefficient (Wildman–Crippen LogP) is 3.81. The Kier molecular flexibility index (Phi) is 5.74. The Morgan fingerprint density at radius 2 is 2.05 bits per heavy atom. The molecule has 0 radical (unpaired) electrons. The van der Waals surface area contributed by atoms with Gasteiger partial charge < -0.3 is 14.8 Å². The number of nitrogens with one attached hydrogen (secondary N) is 1. The van der Waals surface area contributed by atoms with Gasteiger partial charge in [0.05, 0.1) is 18.7 Å². The largest absolute Gasteiger partial charge is 0.493 e. The maximum absolute atomic E-state index is 12.3. The fraction of sp³-hybridized carbons (Fsp3) is 0.562. The Hall–Kier alpha value is -1.42. The molecule has 2 rings (SSSR count). The molecule has 0 aromatic heterocycles. The summed E-state index contributed by atoms with van der Waals surface area (Å²) in [6.45, 7) is 2.36. The van der Waals surface area contributed by atoms with Crippen molar-refractivity contribution in [1.29, 1.82) is 0 Å². The van der Waals surface area contributed by atoms with E-state index in [1.54, 1.807) is 12.1 Å². The molecule has 1 saturated carbocycles. The average Bonchev–Trinajstić information content (AvgIpc) is 2.50. The van der Waals surface area contributed by atoms with E-state index in [4.69, 9.17) is 21.1 Å². The number of hydrogen-bond donors (Lipinski definition) is 1. The lowest BCUT2D eigenvalue weighted by Crippen LogP contribution is -2.36. The van der Waals surface area contributed by atoms with Crippen molar-refractivity contribution in [3.8, 4) is 11.5 Å². The van der Waals surface area contributed by atoms with Crippen molar-refractivity contribution in [3.63, 3.8) is 0 Å². The van der Waals surface area contributed by atoms with E-state index in [9.17, 15) is 4.79 Å². The Morgan fingerprint density at radius 1 is 1.33 bits per heavy atom. The van der Waals surface area contributed by atoms with Crippen molar-refractivity contribution in [2.75, 3.05) is 13.7 Å². The van der Waals surface area contributed by atoms with Gasteiger partial charge in [-0.1, -0.05) is 30.9 Å². The van der Waals surface area contributed by atoms with E-state index in [1.807, 2.05) is 6.92 Å². The van der Waals surface area contributed by atoms with Gasteiger partial charge in [-0.25, -0.2) is 0 Å². The van der Waals surface area contributed by atoms with Crippen molar-refractivity contribution in [3.05, 3.63) is 22.7 Å². The predicted molar refractivity (Wildman–Crippen MR) is 83.5 cm³/mol. The Morgan fingerprint density at radius 3 is 2.67 bits per heavy atom. The van der Waals surface area contributed by atoms with E-state index in [1.165, 1.54) is 26.4 Å². The third-order valence-electron chi connectivity index (χ3n) is 3.72. The first-order chi connectivity index (χ1) is 10.2. The topological polar surface area (TPSA) is 47.6 Å². The lowest BCUT2D eigenvalue weighted by atomic mass is 9.95. The number of benzene rings is 1. The fourth-order valence-electron chi connectivity index (χ4n) is 2.65. The fourth-order valence-corrected chi connectivity index (χ4v) is 2.92. The molecule has 1 aliphatic carbocycles. The molecule has 0 saturated heterocycles. The zero-order valence-corrected chi connectivity index (χ0v) is 13.3. The van der Waals surface area contributed by atoms with Crippen LogP contribution in [0.4, 0.5) is 0 Å². The molecule has 0 heterocycles. The minimum Gasteiger partial charge on any atom is -0.493 e. The third kappa shape index (κ3) is 4.03. The normalized spacial score (nSPS) is 15.6. The van der Waals surface area contributed by atoms with Crippen molar-refractivity contribution in [2.24, 2.45) is 0 Å². The van der Waals surface area contributed by atoms with Crippen LogP contribution in [0, 0.1) is 0 Å². The van der Waals surface area contributed by atoms with Crippen LogP contribution in [-0.4, -0.2) is 25.7 Å². The summed E-state index contributed by atoms with van der Waals surface area (Å²) in [5, 5.41) is 3.46. The highest BCUT2D eigenvalue weighted by Crippen LogP contribution is 2.36. The Labute approximate surface area is 130 Å². The number of amides is 1. The van der Waals surface area contributed by atoms with E-state index < -0.39 is 0 Å². The highest BCUT2D eigenvalue weighted by molar-refractivity contribution is 6.32. The van der Waals surface area contributed by atoms with Crippen LogP contribution in [0.1, 0.15) is 49.4 Å². The second-order valence-electron chi connectivity index (χ2n) is 5.23. The van der Waals surface area contributed by atoms with Crippen molar-refractivity contribution < 1.29 is 14.3 Å². The molecule has 1 aromatic rings. The van der Waals surface area contributed by atoms with Gasteiger partial charge >= 0.3 is 0 Å². The van der Waals surface area contributed by atoms with Gasteiger partial charge in [0, 0.05) is 11.6 Å². The van der Waals surface area contributed by atoms with Crippen LogP contribution in [0.2, 0.25) is 5.02 Å². The molecule has 5 heteroatoms. The molecular weight excluding hydrogens is 290 g/mol. The summed E-state index contributed by atoms with van der Waals surface area (Å²) >= 11 is 6.19. The van der Waals surface area contributed by atoms with Gasteiger partial charge in [0.1, 0.15) is 0 Å². The highest BCUT2D eigenvalue weighted by Gasteiger charge is 2.19. The standard InChI is InChI=1S/C16H22ClNO3/c1-3-21-15-13(17)9-11(10-14(15)20-2)16(19)18-12-7-5-4-6-8-12/h9-10,12H,3-8H2,1-2H3,(H,18,19). The first-order valence-corrected chi connectivity index (χ1v) is 7.84. The molecule has 0 aliphatic heterocycles. The second-order valence-corrected chi connectivity index (χ2v) is 5.64. The molecule has 4 nitrogen and oxygen atoms in total. The zero-order valence-electron chi connectivity index (χ0n) is 12.6. The van der Waals surface area contributed by atoms with Crippen molar-refractivity contribution >= 4 is 17.5 Å². The number of carbonyl (C=O) groups is 1. The summed E-state index contributed by atoms with van der Waals surface area (Å²) in [6.07, 6.45) is 5.72. The first-order valence-electron chi connectivity index (χ1n) is 7.47. The summed E-state index contributed by atoms with van der Waals surface area (Å²) in [7, 11) is 1.54. The van der Waals surface area contributed by atoms with Crippen LogP contribution >= 0.6 is 11.6 Å². The Balaban J connectivity index is 2.15. The quantitative estimate of drug-likeness (QED) is 0.899. The first kappa shape index (κ1) is 16.0. The SMILES string of the molecule is CCOc1c(Cl)cc(C(=O)NC2CCCCC2)cc1OC. The third-order valence-corrected chi connectivity index (χ3v) is 4.00. The monoisotopic (exact) mass is 311 g/mol. The molecule has 1 N–H and O–H groups in total. The molecule has 0 unspecified atom stereocenters. The number of hydrogen-bond acceptors (Lipinski definition) is 3. The minimum atomic E-state index is -0.106. The molecule has 0 spiro atoms. The van der Waals surface area contributed by atoms with Gasteiger partial charge in [-0.3, -0.25) is 4.79 Å². The maximum Gasteiger partial charge on any atom is 0.251 e. The minimum absolute atomic E-state index is 0.106. The van der Waals surface area contributed by atoms with Gasteiger partial charge in [0.15, 0.2) is 11.5 Å². The van der Waals surface area contributed by atoms with Gasteiger partial charge in [0.2, 0.25) is 0 Å². The summed E-state index contributed by atoms with van der Waals surface area (Å²) in [5.41, 5.74) is 0.505. The summed E-state index contributed by atoms with van der Waals surface area (Å²) in [4.78, 5) is 12.3. The van der Waals surface area contributed by atoms with Crippen LogP contribution in [0.3, 0.4) is 0 Å². The molecular formula is C16H22ClNO3. The molecule has 1 fully saturated rings. The van der Waals surface area contributed by atoms with Gasteiger partial charge in [-0.2, -0.15) is 0 Å². The van der Waals surface area contributed by atoms with Crippen LogP contribution < -0.4 is 14.8 Å². The average molecular weight is 312 g/mol. The number of rotatable bonds is 5. The molecule has 1 amide bonds. The smallest absolute Gasteiger partial charge is 0.251 e. The highest BCUT2D eigenvalue weighted by atomic mass is 35.5. The van der Waals surface area contributed by atoms with Crippen molar-refractivity contribution in [2.45, 2.75) is 45.1 Å². The molecule has 0 atom stereocenters. The van der Waals surface area contributed by atoms with E-state index in [-0.39, 0.29) is 11.9 Å². The Bertz CT molecular complexity index is 499. The molecule has 116 valence electrons. The lowest BCUT2D eigenvalue weighted by molar-refractivity contribution is 0.0927. The second kappa shape index (κ2) is 7.55. The molecule has 1 aliphatic rings. The van der Waals surface area contributed by atoms with Crippen LogP contribution in [0.15, 0.2) is 12.1 Å². The zero-order chi connectivity index (χ0) is 15.2. The van der Waals surface area contributed by atoms with E-state index >= 15 is 0 Å². The van der Waals surface area contributed by atoms with Gasteiger partial charge in [-0.05, 0) is 31.9 Å². The van der Waals surface area contributed by atoms with Crippen LogP contribution in [0.25, 0.3) is 0 Å². The van der Waals surface area contributed by atoms with Crippen LogP contribution in [-0.2, 0) is 0 Å².